The topological polar surface area (TPSA) is 69.6 Å². The van der Waals surface area contributed by atoms with Gasteiger partial charge in [0.15, 0.2) is 0 Å². The minimum Gasteiger partial charge on any atom is -0.324 e. The maximum atomic E-state index is 11.9. The van der Waals surface area contributed by atoms with Crippen molar-refractivity contribution in [2.45, 2.75) is 19.4 Å². The minimum atomic E-state index is -0.0722. The fourth-order valence-electron chi connectivity index (χ4n) is 4.04. The molecule has 30 heavy (non-hydrogen) atoms. The second-order valence-electron chi connectivity index (χ2n) is 7.57. The quantitative estimate of drug-likeness (QED) is 0.736. The van der Waals surface area contributed by atoms with Gasteiger partial charge in [-0.3, -0.25) is 9.78 Å². The third-order valence-electron chi connectivity index (χ3n) is 5.57. The van der Waals surface area contributed by atoms with Gasteiger partial charge in [0.05, 0.1) is 5.70 Å². The first-order valence-electron chi connectivity index (χ1n) is 10.2. The van der Waals surface area contributed by atoms with Crippen LogP contribution in [0.25, 0.3) is 0 Å². The Morgan fingerprint density at radius 1 is 1.03 bits per heavy atom. The van der Waals surface area contributed by atoms with Crippen LogP contribution in [0.4, 0.5) is 0 Å². The fraction of sp³-hybridized carbons (Fsp3) is 0.208. The minimum absolute atomic E-state index is 0.0722. The van der Waals surface area contributed by atoms with E-state index in [-0.39, 0.29) is 5.91 Å². The van der Waals surface area contributed by atoms with E-state index in [1.165, 1.54) is 11.1 Å². The SMILES string of the molecule is O=C1C=CC2=CN=C(c3ccc(CNCCc4ccncc4)cc3)N3CCC(=C23)N1. The maximum absolute atomic E-state index is 11.9. The lowest BCUT2D eigenvalue weighted by Crippen LogP contribution is -2.31. The summed E-state index contributed by atoms with van der Waals surface area (Å²) >= 11 is 0. The second kappa shape index (κ2) is 8.08. The Kier molecular flexibility index (Phi) is 4.99. The zero-order valence-corrected chi connectivity index (χ0v) is 16.6. The molecule has 1 amide bonds. The van der Waals surface area contributed by atoms with E-state index in [4.69, 9.17) is 4.99 Å². The van der Waals surface area contributed by atoms with Crippen LogP contribution in [0, 0.1) is 0 Å². The molecule has 0 fully saturated rings. The van der Waals surface area contributed by atoms with Crippen molar-refractivity contribution < 1.29 is 4.79 Å². The van der Waals surface area contributed by atoms with E-state index in [2.05, 4.69) is 56.9 Å². The molecule has 0 bridgehead atoms. The van der Waals surface area contributed by atoms with Crippen LogP contribution < -0.4 is 10.6 Å². The van der Waals surface area contributed by atoms with Gasteiger partial charge in [-0.2, -0.15) is 0 Å². The van der Waals surface area contributed by atoms with E-state index in [1.807, 2.05) is 24.7 Å². The molecule has 0 radical (unpaired) electrons. The number of nitrogens with zero attached hydrogens (tertiary/aromatic N) is 3. The zero-order chi connectivity index (χ0) is 20.3. The van der Waals surface area contributed by atoms with Crippen molar-refractivity contribution in [3.63, 3.8) is 0 Å². The molecule has 1 aromatic heterocycles. The Labute approximate surface area is 175 Å². The van der Waals surface area contributed by atoms with Crippen molar-refractivity contribution >= 4 is 11.7 Å². The Balaban J connectivity index is 1.25. The Hall–Kier alpha value is -3.51. The first kappa shape index (κ1) is 18.5. The molecule has 150 valence electrons. The highest BCUT2D eigenvalue weighted by Gasteiger charge is 2.32. The Morgan fingerprint density at radius 3 is 2.70 bits per heavy atom. The lowest BCUT2D eigenvalue weighted by Gasteiger charge is -2.27. The number of nitrogens with one attached hydrogen (secondary N) is 2. The van der Waals surface area contributed by atoms with E-state index >= 15 is 0 Å². The number of hydrogen-bond donors (Lipinski definition) is 2. The molecule has 3 aliphatic heterocycles. The summed E-state index contributed by atoms with van der Waals surface area (Å²) in [5.41, 5.74) is 6.66. The first-order valence-corrected chi connectivity index (χ1v) is 10.2. The number of carbonyl (C=O) groups excluding carboxylic acids is 1. The number of aliphatic imine (C=N–C) groups is 1. The monoisotopic (exact) mass is 397 g/mol. The molecule has 5 rings (SSSR count). The predicted octanol–water partition coefficient (Wildman–Crippen LogP) is 2.66. The Bertz CT molecular complexity index is 1080. The van der Waals surface area contributed by atoms with Crippen LogP contribution in [0.2, 0.25) is 0 Å². The summed E-state index contributed by atoms with van der Waals surface area (Å²) in [6.07, 6.45) is 10.7. The molecule has 0 spiro atoms. The third-order valence-corrected chi connectivity index (χ3v) is 5.57. The molecule has 0 saturated heterocycles. The summed E-state index contributed by atoms with van der Waals surface area (Å²) in [6.45, 7) is 2.58. The predicted molar refractivity (Wildman–Crippen MR) is 116 cm³/mol. The van der Waals surface area contributed by atoms with Crippen LogP contribution in [0.15, 0.2) is 89.1 Å². The van der Waals surface area contributed by atoms with Crippen molar-refractivity contribution in [3.8, 4) is 0 Å². The Morgan fingerprint density at radius 2 is 1.87 bits per heavy atom. The highest BCUT2D eigenvalue weighted by molar-refractivity contribution is 6.02. The molecule has 2 N–H and O–H groups in total. The van der Waals surface area contributed by atoms with Crippen molar-refractivity contribution in [1.82, 2.24) is 20.5 Å². The number of rotatable bonds is 6. The van der Waals surface area contributed by atoms with Crippen LogP contribution in [0.1, 0.15) is 23.1 Å². The number of aromatic nitrogens is 1. The number of allylic oxidation sites excluding steroid dienone is 1. The maximum Gasteiger partial charge on any atom is 0.248 e. The molecule has 6 nitrogen and oxygen atoms in total. The van der Waals surface area contributed by atoms with Crippen molar-refractivity contribution in [1.29, 1.82) is 0 Å². The molecule has 4 heterocycles. The van der Waals surface area contributed by atoms with Gasteiger partial charge in [-0.25, -0.2) is 4.99 Å². The molecule has 0 unspecified atom stereocenters. The lowest BCUT2D eigenvalue weighted by molar-refractivity contribution is -0.115. The number of carbonyl (C=O) groups is 1. The van der Waals surface area contributed by atoms with Crippen molar-refractivity contribution in [3.05, 3.63) is 101 Å². The number of hydrogen-bond acceptors (Lipinski definition) is 5. The van der Waals surface area contributed by atoms with Crippen LogP contribution >= 0.6 is 0 Å². The largest absolute Gasteiger partial charge is 0.324 e. The molecular weight excluding hydrogens is 374 g/mol. The molecule has 1 aromatic carbocycles. The zero-order valence-electron chi connectivity index (χ0n) is 16.6. The fourth-order valence-corrected chi connectivity index (χ4v) is 4.04. The van der Waals surface area contributed by atoms with E-state index in [0.717, 1.165) is 60.8 Å². The van der Waals surface area contributed by atoms with Gasteiger partial charge < -0.3 is 15.5 Å². The van der Waals surface area contributed by atoms with Crippen LogP contribution in [-0.4, -0.2) is 34.7 Å². The summed E-state index contributed by atoms with van der Waals surface area (Å²) in [7, 11) is 0. The van der Waals surface area contributed by atoms with Crippen molar-refractivity contribution in [2.24, 2.45) is 4.99 Å². The van der Waals surface area contributed by atoms with E-state index in [9.17, 15) is 4.79 Å². The van der Waals surface area contributed by atoms with E-state index in [1.54, 1.807) is 6.08 Å². The van der Waals surface area contributed by atoms with Crippen LogP contribution in [0.3, 0.4) is 0 Å². The molecule has 2 aromatic rings. The molecule has 0 aliphatic carbocycles. The lowest BCUT2D eigenvalue weighted by atomic mass is 10.1. The summed E-state index contributed by atoms with van der Waals surface area (Å²) < 4.78 is 0. The van der Waals surface area contributed by atoms with Gasteiger partial charge >= 0.3 is 0 Å². The highest BCUT2D eigenvalue weighted by atomic mass is 16.1. The van der Waals surface area contributed by atoms with Crippen LogP contribution in [0.5, 0.6) is 0 Å². The smallest absolute Gasteiger partial charge is 0.248 e. The third kappa shape index (κ3) is 3.69. The summed E-state index contributed by atoms with van der Waals surface area (Å²) in [6, 6.07) is 12.7. The number of benzene rings is 1. The van der Waals surface area contributed by atoms with Gasteiger partial charge in [-0.05, 0) is 42.3 Å². The average Bonchev–Trinajstić information content (AvgIpc) is 3.12. The molecular formula is C24H23N5O. The molecule has 0 saturated carbocycles. The second-order valence-corrected chi connectivity index (χ2v) is 7.57. The van der Waals surface area contributed by atoms with E-state index < -0.39 is 0 Å². The van der Waals surface area contributed by atoms with Gasteiger partial charge in [0.25, 0.3) is 0 Å². The molecule has 3 aliphatic rings. The van der Waals surface area contributed by atoms with Gasteiger partial charge in [0.1, 0.15) is 5.84 Å². The summed E-state index contributed by atoms with van der Waals surface area (Å²) in [5, 5.41) is 6.49. The van der Waals surface area contributed by atoms with Gasteiger partial charge in [0, 0.05) is 61.0 Å². The van der Waals surface area contributed by atoms with Gasteiger partial charge in [-0.1, -0.05) is 24.3 Å². The molecule has 0 atom stereocenters. The summed E-state index contributed by atoms with van der Waals surface area (Å²) in [5.74, 6) is 0.863. The first-order chi connectivity index (χ1) is 14.8. The standard InChI is InChI=1S/C24H23N5O/c30-22-6-5-20-16-27-24(29-14-10-21(28-22)23(20)29)19-3-1-18(2-4-19)15-26-13-9-17-7-11-25-12-8-17/h1-8,11-12,16,26H,9-10,13-15H2,(H,28,30). The summed E-state index contributed by atoms with van der Waals surface area (Å²) in [4.78, 5) is 22.8. The average molecular weight is 397 g/mol. The van der Waals surface area contributed by atoms with Crippen molar-refractivity contribution in [2.75, 3.05) is 13.1 Å². The van der Waals surface area contributed by atoms with E-state index in [0.29, 0.717) is 0 Å². The van der Waals surface area contributed by atoms with Gasteiger partial charge in [0.2, 0.25) is 5.91 Å². The van der Waals surface area contributed by atoms with Crippen LogP contribution in [-0.2, 0) is 17.8 Å². The van der Waals surface area contributed by atoms with Gasteiger partial charge in [-0.15, -0.1) is 0 Å². The number of amides is 1. The number of amidine groups is 1. The molecule has 6 heteroatoms. The number of pyridine rings is 1. The highest BCUT2D eigenvalue weighted by Crippen LogP contribution is 2.34. The normalized spacial score (nSPS) is 17.3.